The fourth-order valence-corrected chi connectivity index (χ4v) is 3.06. The molecule has 0 aliphatic heterocycles. The summed E-state index contributed by atoms with van der Waals surface area (Å²) in [4.78, 5) is 20.6. The van der Waals surface area contributed by atoms with Crippen molar-refractivity contribution in [3.63, 3.8) is 0 Å². The average molecular weight is 386 g/mol. The molecule has 10 heteroatoms. The molecule has 3 aromatic rings. The number of carbonyl (C=O) groups is 1. The molecule has 0 aliphatic carbocycles. The summed E-state index contributed by atoms with van der Waals surface area (Å²) >= 11 is 0. The minimum atomic E-state index is -3.38. The van der Waals surface area contributed by atoms with Crippen molar-refractivity contribution in [1.29, 1.82) is 0 Å². The minimum absolute atomic E-state index is 0.114. The van der Waals surface area contributed by atoms with Gasteiger partial charge in [0.25, 0.3) is 5.91 Å². The first-order valence-corrected chi connectivity index (χ1v) is 9.99. The lowest BCUT2D eigenvalue weighted by Gasteiger charge is -2.09. The van der Waals surface area contributed by atoms with Crippen LogP contribution in [0.1, 0.15) is 15.9 Å². The van der Waals surface area contributed by atoms with Crippen molar-refractivity contribution in [1.82, 2.24) is 30.3 Å². The van der Waals surface area contributed by atoms with Gasteiger partial charge >= 0.3 is 0 Å². The fraction of sp³-hybridized carbons (Fsp3) is 0.235. The van der Waals surface area contributed by atoms with Crippen LogP contribution in [0.25, 0.3) is 11.4 Å². The maximum atomic E-state index is 12.4. The van der Waals surface area contributed by atoms with Gasteiger partial charge in [0.05, 0.1) is 23.8 Å². The predicted molar refractivity (Wildman–Crippen MR) is 97.7 cm³/mol. The Morgan fingerprint density at radius 3 is 2.74 bits per heavy atom. The van der Waals surface area contributed by atoms with E-state index in [1.807, 2.05) is 0 Å². The zero-order valence-electron chi connectivity index (χ0n) is 14.8. The molecule has 1 aromatic carbocycles. The molecule has 1 N–H and O–H groups in total. The van der Waals surface area contributed by atoms with E-state index >= 15 is 0 Å². The van der Waals surface area contributed by atoms with Crippen LogP contribution in [0, 0.1) is 6.92 Å². The Bertz CT molecular complexity index is 1060. The number of nitrogens with one attached hydrogen (secondary N) is 1. The Balaban J connectivity index is 1.63. The SMILES string of the molecule is Cc1ccc(S(C)(=O)=O)cc1C(=O)NCCn1cc(-c2cnccn2)nn1. The van der Waals surface area contributed by atoms with E-state index < -0.39 is 9.84 Å². The van der Waals surface area contributed by atoms with Crippen LogP contribution < -0.4 is 5.32 Å². The lowest BCUT2D eigenvalue weighted by molar-refractivity contribution is 0.0951. The topological polar surface area (TPSA) is 120 Å². The molecular formula is C17H18N6O3S. The number of benzene rings is 1. The summed E-state index contributed by atoms with van der Waals surface area (Å²) in [6, 6.07) is 4.50. The Hall–Kier alpha value is -3.14. The maximum Gasteiger partial charge on any atom is 0.251 e. The number of amides is 1. The molecule has 1 amide bonds. The number of aromatic nitrogens is 5. The van der Waals surface area contributed by atoms with Crippen molar-refractivity contribution in [2.75, 3.05) is 12.8 Å². The molecule has 0 saturated heterocycles. The van der Waals surface area contributed by atoms with Crippen LogP contribution in [0.5, 0.6) is 0 Å². The Morgan fingerprint density at radius 1 is 1.22 bits per heavy atom. The van der Waals surface area contributed by atoms with Crippen LogP contribution in [-0.4, -0.2) is 52.1 Å². The van der Waals surface area contributed by atoms with E-state index in [2.05, 4.69) is 25.6 Å². The molecular weight excluding hydrogens is 368 g/mol. The van der Waals surface area contributed by atoms with Gasteiger partial charge < -0.3 is 5.32 Å². The monoisotopic (exact) mass is 386 g/mol. The largest absolute Gasteiger partial charge is 0.350 e. The van der Waals surface area contributed by atoms with E-state index in [1.54, 1.807) is 42.5 Å². The number of rotatable bonds is 6. The van der Waals surface area contributed by atoms with Gasteiger partial charge in [0, 0.05) is 30.8 Å². The van der Waals surface area contributed by atoms with Gasteiger partial charge in [-0.25, -0.2) is 8.42 Å². The maximum absolute atomic E-state index is 12.4. The van der Waals surface area contributed by atoms with Crippen molar-refractivity contribution in [3.05, 3.63) is 54.1 Å². The van der Waals surface area contributed by atoms with E-state index in [0.29, 0.717) is 35.6 Å². The highest BCUT2D eigenvalue weighted by molar-refractivity contribution is 7.90. The third-order valence-corrected chi connectivity index (χ3v) is 4.98. The van der Waals surface area contributed by atoms with Crippen LogP contribution in [0.3, 0.4) is 0 Å². The highest BCUT2D eigenvalue weighted by atomic mass is 32.2. The molecule has 0 aliphatic rings. The molecule has 0 radical (unpaired) electrons. The quantitative estimate of drug-likeness (QED) is 0.667. The number of carbonyl (C=O) groups excluding carboxylic acids is 1. The third-order valence-electron chi connectivity index (χ3n) is 3.87. The van der Waals surface area contributed by atoms with Gasteiger partial charge in [-0.05, 0) is 24.6 Å². The number of hydrogen-bond acceptors (Lipinski definition) is 7. The van der Waals surface area contributed by atoms with Crippen LogP contribution >= 0.6 is 0 Å². The summed E-state index contributed by atoms with van der Waals surface area (Å²) in [6.07, 6.45) is 7.56. The number of aryl methyl sites for hydroxylation is 1. The molecule has 2 heterocycles. The molecule has 2 aromatic heterocycles. The van der Waals surface area contributed by atoms with Crippen LogP contribution in [0.4, 0.5) is 0 Å². The molecule has 0 saturated carbocycles. The van der Waals surface area contributed by atoms with Gasteiger partial charge in [0.1, 0.15) is 11.4 Å². The highest BCUT2D eigenvalue weighted by Crippen LogP contribution is 2.15. The number of sulfone groups is 1. The van der Waals surface area contributed by atoms with Crippen LogP contribution in [0.15, 0.2) is 47.9 Å². The molecule has 0 spiro atoms. The zero-order chi connectivity index (χ0) is 19.4. The first-order chi connectivity index (χ1) is 12.8. The minimum Gasteiger partial charge on any atom is -0.350 e. The third kappa shape index (κ3) is 4.53. The first kappa shape index (κ1) is 18.6. The summed E-state index contributed by atoms with van der Waals surface area (Å²) in [5, 5.41) is 10.8. The Labute approximate surface area is 156 Å². The second-order valence-corrected chi connectivity index (χ2v) is 7.98. The van der Waals surface area contributed by atoms with E-state index in [-0.39, 0.29) is 10.8 Å². The lowest BCUT2D eigenvalue weighted by atomic mass is 10.1. The normalized spacial score (nSPS) is 11.3. The standard InChI is InChI=1S/C17H18N6O3S/c1-12-3-4-13(27(2,25)26)9-14(12)17(24)20-7-8-23-11-16(21-22-23)15-10-18-5-6-19-15/h3-6,9-11H,7-8H2,1-2H3,(H,20,24). The molecule has 27 heavy (non-hydrogen) atoms. The Morgan fingerprint density at radius 2 is 2.04 bits per heavy atom. The van der Waals surface area contributed by atoms with Gasteiger partial charge in [0.2, 0.25) is 0 Å². The molecule has 3 rings (SSSR count). The fourth-order valence-electron chi connectivity index (χ4n) is 2.41. The highest BCUT2D eigenvalue weighted by Gasteiger charge is 2.14. The molecule has 140 valence electrons. The summed E-state index contributed by atoms with van der Waals surface area (Å²) in [5.41, 5.74) is 2.23. The Kier molecular flexibility index (Phi) is 5.26. The molecule has 0 fully saturated rings. The molecule has 9 nitrogen and oxygen atoms in total. The van der Waals surface area contributed by atoms with E-state index in [9.17, 15) is 13.2 Å². The van der Waals surface area contributed by atoms with E-state index in [0.717, 1.165) is 6.26 Å². The number of nitrogens with zero attached hydrogens (tertiary/aromatic N) is 5. The second kappa shape index (κ2) is 7.62. The lowest BCUT2D eigenvalue weighted by Crippen LogP contribution is -2.28. The smallest absolute Gasteiger partial charge is 0.251 e. The van der Waals surface area contributed by atoms with Crippen LogP contribution in [0.2, 0.25) is 0 Å². The van der Waals surface area contributed by atoms with Gasteiger partial charge in [-0.3, -0.25) is 19.4 Å². The second-order valence-electron chi connectivity index (χ2n) is 5.96. The average Bonchev–Trinajstić information content (AvgIpc) is 3.10. The molecule has 0 bridgehead atoms. The predicted octanol–water partition coefficient (Wildman–Crippen LogP) is 0.877. The first-order valence-electron chi connectivity index (χ1n) is 8.10. The van der Waals surface area contributed by atoms with Crippen molar-refractivity contribution >= 4 is 15.7 Å². The number of hydrogen-bond donors (Lipinski definition) is 1. The van der Waals surface area contributed by atoms with Crippen molar-refractivity contribution in [2.45, 2.75) is 18.4 Å². The van der Waals surface area contributed by atoms with Crippen molar-refractivity contribution in [3.8, 4) is 11.4 Å². The van der Waals surface area contributed by atoms with Gasteiger partial charge in [-0.2, -0.15) is 0 Å². The summed E-state index contributed by atoms with van der Waals surface area (Å²) in [6.45, 7) is 2.47. The zero-order valence-corrected chi connectivity index (χ0v) is 15.6. The van der Waals surface area contributed by atoms with E-state index in [1.165, 1.54) is 12.1 Å². The van der Waals surface area contributed by atoms with Gasteiger partial charge in [0.15, 0.2) is 9.84 Å². The van der Waals surface area contributed by atoms with Gasteiger partial charge in [-0.15, -0.1) is 5.10 Å². The molecule has 0 atom stereocenters. The summed E-state index contributed by atoms with van der Waals surface area (Å²) in [7, 11) is -3.38. The molecule has 0 unspecified atom stereocenters. The van der Waals surface area contributed by atoms with E-state index in [4.69, 9.17) is 0 Å². The van der Waals surface area contributed by atoms with Crippen molar-refractivity contribution < 1.29 is 13.2 Å². The van der Waals surface area contributed by atoms with Gasteiger partial charge in [-0.1, -0.05) is 11.3 Å². The summed E-state index contributed by atoms with van der Waals surface area (Å²) in [5.74, 6) is -0.340. The van der Waals surface area contributed by atoms with Crippen molar-refractivity contribution in [2.24, 2.45) is 0 Å². The van der Waals surface area contributed by atoms with Crippen LogP contribution in [-0.2, 0) is 16.4 Å². The summed E-state index contributed by atoms with van der Waals surface area (Å²) < 4.78 is 24.9.